The molecular weight excluding hydrogens is 549 g/mol. The molecule has 0 heterocycles. The van der Waals surface area contributed by atoms with Crippen LogP contribution < -0.4 is 16.0 Å². The number of hydrogen-bond acceptors (Lipinski definition) is 3. The molecule has 40 heavy (non-hydrogen) atoms. The van der Waals surface area contributed by atoms with Crippen LogP contribution in [0.5, 0.6) is 0 Å². The highest BCUT2D eigenvalue weighted by Gasteiger charge is 2.20. The van der Waals surface area contributed by atoms with Crippen molar-refractivity contribution in [1.29, 1.82) is 0 Å². The topological polar surface area (TPSA) is 108 Å². The molecule has 210 valence electrons. The molecule has 7 nitrogen and oxygen atoms in total. The van der Waals surface area contributed by atoms with Gasteiger partial charge < -0.3 is 21.1 Å². The van der Waals surface area contributed by atoms with Crippen molar-refractivity contribution in [2.75, 3.05) is 6.54 Å². The summed E-state index contributed by atoms with van der Waals surface area (Å²) in [4.78, 5) is 36.1. The first-order valence-electron chi connectivity index (χ1n) is 13.5. The lowest BCUT2D eigenvalue weighted by molar-refractivity contribution is -0.136. The van der Waals surface area contributed by atoms with E-state index in [0.717, 1.165) is 16.7 Å². The van der Waals surface area contributed by atoms with Gasteiger partial charge in [0, 0.05) is 18.7 Å². The second-order valence-electron chi connectivity index (χ2n) is 10.0. The number of halogens is 2. The first kappa shape index (κ1) is 29.4. The van der Waals surface area contributed by atoms with E-state index in [1.807, 2.05) is 0 Å². The van der Waals surface area contributed by atoms with E-state index in [9.17, 15) is 14.4 Å². The summed E-state index contributed by atoms with van der Waals surface area (Å²) in [6, 6.07) is 19.7. The fourth-order valence-electron chi connectivity index (χ4n) is 4.98. The van der Waals surface area contributed by atoms with Crippen LogP contribution in [0.15, 0.2) is 66.7 Å². The molecule has 0 saturated heterocycles. The van der Waals surface area contributed by atoms with Crippen LogP contribution >= 0.6 is 23.2 Å². The van der Waals surface area contributed by atoms with Crippen molar-refractivity contribution in [1.82, 2.24) is 16.0 Å². The average molecular weight is 583 g/mol. The van der Waals surface area contributed by atoms with Gasteiger partial charge in [0.05, 0.1) is 22.5 Å². The molecule has 3 aromatic carbocycles. The summed E-state index contributed by atoms with van der Waals surface area (Å²) in [7, 11) is 0. The number of amides is 3. The number of hydrogen-bond donors (Lipinski definition) is 4. The monoisotopic (exact) mass is 581 g/mol. The number of nitrogens with one attached hydrogen (secondary N) is 3. The van der Waals surface area contributed by atoms with Crippen LogP contribution in [0.1, 0.15) is 83.1 Å². The number of benzene rings is 3. The van der Waals surface area contributed by atoms with Gasteiger partial charge in [-0.1, -0.05) is 84.9 Å². The van der Waals surface area contributed by atoms with Gasteiger partial charge in [-0.3, -0.25) is 9.59 Å². The third-order valence-corrected chi connectivity index (χ3v) is 7.93. The molecule has 4 rings (SSSR count). The largest absolute Gasteiger partial charge is 0.481 e. The van der Waals surface area contributed by atoms with E-state index in [1.54, 1.807) is 42.5 Å². The highest BCUT2D eigenvalue weighted by Crippen LogP contribution is 2.33. The van der Waals surface area contributed by atoms with Gasteiger partial charge in [-0.2, -0.15) is 0 Å². The highest BCUT2D eigenvalue weighted by molar-refractivity contribution is 6.42. The molecular formula is C31H33Cl2N3O4. The Kier molecular flexibility index (Phi) is 10.4. The SMILES string of the molecule is O=C(O)CCNC(=O)c1ccc(C(NC(=O)NCc2ccc(Cl)c(Cl)c2)c2ccc(C3CCCCC3)cc2)cc1. The van der Waals surface area contributed by atoms with Crippen LogP contribution in [0.2, 0.25) is 10.0 Å². The van der Waals surface area contributed by atoms with Crippen molar-refractivity contribution in [2.45, 2.75) is 57.0 Å². The van der Waals surface area contributed by atoms with E-state index in [4.69, 9.17) is 28.3 Å². The summed E-state index contributed by atoms with van der Waals surface area (Å²) in [5, 5.41) is 18.2. The molecule has 1 fully saturated rings. The lowest BCUT2D eigenvalue weighted by Gasteiger charge is -2.24. The fourth-order valence-corrected chi connectivity index (χ4v) is 5.30. The normalized spacial score (nSPS) is 14.2. The maximum Gasteiger partial charge on any atom is 0.315 e. The molecule has 1 atom stereocenters. The van der Waals surface area contributed by atoms with Gasteiger partial charge in [0.1, 0.15) is 0 Å². The second kappa shape index (κ2) is 14.2. The Morgan fingerprint density at radius 3 is 2.10 bits per heavy atom. The van der Waals surface area contributed by atoms with E-state index in [1.165, 1.54) is 37.7 Å². The standard InChI is InChI=1S/C31H33Cl2N3O4/c32-26-15-6-20(18-27(26)33)19-35-31(40)36-29(23-9-7-22(8-10-23)21-4-2-1-3-5-21)24-11-13-25(14-12-24)30(39)34-17-16-28(37)38/h6-15,18,21,29H,1-5,16-17,19H2,(H,34,39)(H,37,38)(H2,35,36,40). The van der Waals surface area contributed by atoms with Gasteiger partial charge in [-0.25, -0.2) is 4.79 Å². The summed E-state index contributed by atoms with van der Waals surface area (Å²) in [5.74, 6) is -0.757. The molecule has 3 aromatic rings. The number of carbonyl (C=O) groups is 3. The van der Waals surface area contributed by atoms with Crippen LogP contribution in [0, 0.1) is 0 Å². The molecule has 4 N–H and O–H groups in total. The number of aliphatic carboxylic acids is 1. The lowest BCUT2D eigenvalue weighted by Crippen LogP contribution is -2.38. The van der Waals surface area contributed by atoms with Crippen LogP contribution in [0.25, 0.3) is 0 Å². The van der Waals surface area contributed by atoms with Crippen molar-refractivity contribution in [2.24, 2.45) is 0 Å². The zero-order valence-electron chi connectivity index (χ0n) is 22.1. The Labute approximate surface area is 244 Å². The minimum absolute atomic E-state index is 0.0481. The number of urea groups is 1. The van der Waals surface area contributed by atoms with E-state index < -0.39 is 12.0 Å². The van der Waals surface area contributed by atoms with Crippen LogP contribution in [-0.2, 0) is 11.3 Å². The molecule has 1 aliphatic rings. The van der Waals surface area contributed by atoms with Crippen molar-refractivity contribution in [3.63, 3.8) is 0 Å². The van der Waals surface area contributed by atoms with Gasteiger partial charge in [0.2, 0.25) is 0 Å². The van der Waals surface area contributed by atoms with Gasteiger partial charge in [0.15, 0.2) is 0 Å². The van der Waals surface area contributed by atoms with Crippen molar-refractivity contribution in [3.05, 3.63) is 105 Å². The lowest BCUT2D eigenvalue weighted by atomic mass is 9.83. The van der Waals surface area contributed by atoms with Crippen LogP contribution in [0.3, 0.4) is 0 Å². The van der Waals surface area contributed by atoms with E-state index in [0.29, 0.717) is 21.5 Å². The Morgan fingerprint density at radius 1 is 0.825 bits per heavy atom. The zero-order valence-corrected chi connectivity index (χ0v) is 23.6. The Bertz CT molecular complexity index is 1320. The van der Waals surface area contributed by atoms with E-state index in [2.05, 4.69) is 40.2 Å². The predicted molar refractivity (Wildman–Crippen MR) is 157 cm³/mol. The molecule has 0 aromatic heterocycles. The van der Waals surface area contributed by atoms with Gasteiger partial charge in [-0.05, 0) is 65.3 Å². The fraction of sp³-hybridized carbons (Fsp3) is 0.323. The minimum atomic E-state index is -0.975. The summed E-state index contributed by atoms with van der Waals surface area (Å²) in [5.41, 5.74) is 4.26. The number of carboxylic acid groups (broad SMARTS) is 1. The summed E-state index contributed by atoms with van der Waals surface area (Å²) < 4.78 is 0. The smallest absolute Gasteiger partial charge is 0.315 e. The molecule has 0 bridgehead atoms. The van der Waals surface area contributed by atoms with Gasteiger partial charge in [0.25, 0.3) is 5.91 Å². The van der Waals surface area contributed by atoms with E-state index >= 15 is 0 Å². The molecule has 1 unspecified atom stereocenters. The molecule has 1 saturated carbocycles. The second-order valence-corrected chi connectivity index (χ2v) is 10.8. The summed E-state index contributed by atoms with van der Waals surface area (Å²) in [6.45, 7) is 0.317. The molecule has 3 amide bonds. The minimum Gasteiger partial charge on any atom is -0.481 e. The maximum atomic E-state index is 13.0. The van der Waals surface area contributed by atoms with Gasteiger partial charge in [-0.15, -0.1) is 0 Å². The van der Waals surface area contributed by atoms with Crippen molar-refractivity contribution < 1.29 is 19.5 Å². The molecule has 0 spiro atoms. The zero-order chi connectivity index (χ0) is 28.5. The highest BCUT2D eigenvalue weighted by atomic mass is 35.5. The number of carbonyl (C=O) groups excluding carboxylic acids is 2. The quantitative estimate of drug-likeness (QED) is 0.210. The molecule has 9 heteroatoms. The third-order valence-electron chi connectivity index (χ3n) is 7.19. The summed E-state index contributed by atoms with van der Waals surface area (Å²) in [6.07, 6.45) is 6.06. The summed E-state index contributed by atoms with van der Waals surface area (Å²) >= 11 is 12.1. The van der Waals surface area contributed by atoms with Crippen LogP contribution in [0.4, 0.5) is 4.79 Å². The number of rotatable bonds is 10. The van der Waals surface area contributed by atoms with Crippen molar-refractivity contribution >= 4 is 41.1 Å². The maximum absolute atomic E-state index is 13.0. The van der Waals surface area contributed by atoms with Gasteiger partial charge >= 0.3 is 12.0 Å². The van der Waals surface area contributed by atoms with Crippen LogP contribution in [-0.4, -0.2) is 29.6 Å². The molecule has 0 aliphatic heterocycles. The average Bonchev–Trinajstić information content (AvgIpc) is 2.97. The van der Waals surface area contributed by atoms with Crippen molar-refractivity contribution in [3.8, 4) is 0 Å². The molecule has 0 radical (unpaired) electrons. The Balaban J connectivity index is 1.50. The first-order valence-corrected chi connectivity index (χ1v) is 14.2. The molecule has 1 aliphatic carbocycles. The number of carboxylic acids is 1. The third kappa shape index (κ3) is 8.23. The predicted octanol–water partition coefficient (Wildman–Crippen LogP) is 6.83. The van der Waals surface area contributed by atoms with E-state index in [-0.39, 0.29) is 31.4 Å². The first-order chi connectivity index (χ1) is 19.3. The Morgan fingerprint density at radius 2 is 1.48 bits per heavy atom. The Hall–Kier alpha value is -3.55.